The number of aromatic nitrogens is 1. The molecule has 0 fully saturated rings. The summed E-state index contributed by atoms with van der Waals surface area (Å²) in [5.41, 5.74) is 12.9. The molecule has 3 nitrogen and oxygen atoms in total. The van der Waals surface area contributed by atoms with Gasteiger partial charge in [-0.15, -0.1) is 0 Å². The smallest absolute Gasteiger partial charge is 0.143 e. The van der Waals surface area contributed by atoms with Gasteiger partial charge in [-0.05, 0) is 98.7 Å². The van der Waals surface area contributed by atoms with Gasteiger partial charge in [-0.25, -0.2) is 0 Å². The molecule has 0 saturated heterocycles. The van der Waals surface area contributed by atoms with Crippen LogP contribution in [0.1, 0.15) is 0 Å². The lowest BCUT2D eigenvalue weighted by Crippen LogP contribution is -2.12. The molecule has 0 unspecified atom stereocenters. The van der Waals surface area contributed by atoms with Crippen molar-refractivity contribution in [2.45, 2.75) is 0 Å². The molecule has 0 radical (unpaired) electrons. The first-order chi connectivity index (χ1) is 31.3. The molecule has 2 aromatic heterocycles. The first-order valence-corrected chi connectivity index (χ1v) is 21.6. The number of rotatable bonds is 6. The Morgan fingerprint density at radius 1 is 0.317 bits per heavy atom. The Kier molecular flexibility index (Phi) is 7.91. The molecule has 0 spiro atoms. The van der Waals surface area contributed by atoms with Crippen molar-refractivity contribution in [3.05, 3.63) is 231 Å². The van der Waals surface area contributed by atoms with E-state index in [1.165, 1.54) is 59.9 Å². The number of fused-ring (bicyclic) bond motifs is 11. The zero-order valence-electron chi connectivity index (χ0n) is 34.2. The van der Waals surface area contributed by atoms with Crippen molar-refractivity contribution >= 4 is 93.1 Å². The van der Waals surface area contributed by atoms with Crippen LogP contribution in [0.5, 0.6) is 0 Å². The molecule has 0 aliphatic carbocycles. The second-order valence-corrected chi connectivity index (χ2v) is 16.4. The highest BCUT2D eigenvalue weighted by Crippen LogP contribution is 2.46. The van der Waals surface area contributed by atoms with Crippen LogP contribution in [-0.4, -0.2) is 4.57 Å². The normalized spacial score (nSPS) is 11.8. The van der Waals surface area contributed by atoms with Gasteiger partial charge in [-0.1, -0.05) is 170 Å². The fourth-order valence-corrected chi connectivity index (χ4v) is 10.1. The van der Waals surface area contributed by atoms with E-state index < -0.39 is 0 Å². The average Bonchev–Trinajstić information content (AvgIpc) is 3.91. The number of furan rings is 1. The Hall–Kier alpha value is -8.40. The summed E-state index contributed by atoms with van der Waals surface area (Å²) in [6, 6.07) is 83.5. The van der Waals surface area contributed by atoms with Crippen LogP contribution in [0.4, 0.5) is 17.1 Å². The lowest BCUT2D eigenvalue weighted by Gasteiger charge is -2.28. The number of hydrogen-bond acceptors (Lipinski definition) is 2. The molecule has 13 rings (SSSR count). The maximum atomic E-state index is 6.96. The number of hydrogen-bond donors (Lipinski definition) is 0. The Balaban J connectivity index is 1.03. The third-order valence-electron chi connectivity index (χ3n) is 13.0. The van der Waals surface area contributed by atoms with Crippen molar-refractivity contribution < 1.29 is 4.42 Å². The summed E-state index contributed by atoms with van der Waals surface area (Å²) in [4.78, 5) is 2.41. The van der Waals surface area contributed by atoms with E-state index in [1.54, 1.807) is 0 Å². The number of para-hydroxylation sites is 4. The third-order valence-corrected chi connectivity index (χ3v) is 13.0. The largest absolute Gasteiger partial charge is 0.455 e. The third kappa shape index (κ3) is 5.53. The van der Waals surface area contributed by atoms with Crippen molar-refractivity contribution in [2.75, 3.05) is 4.90 Å². The fraction of sp³-hybridized carbons (Fsp3) is 0. The average molecular weight is 803 g/mol. The Morgan fingerprint density at radius 3 is 1.70 bits per heavy atom. The van der Waals surface area contributed by atoms with E-state index in [-0.39, 0.29) is 0 Å². The lowest BCUT2D eigenvalue weighted by molar-refractivity contribution is 0.674. The molecule has 0 aliphatic rings. The molecule has 11 aromatic carbocycles. The summed E-state index contributed by atoms with van der Waals surface area (Å²) >= 11 is 0. The summed E-state index contributed by atoms with van der Waals surface area (Å²) in [7, 11) is 0. The minimum Gasteiger partial charge on any atom is -0.455 e. The molecule has 2 heterocycles. The molecule has 3 heteroatoms. The van der Waals surface area contributed by atoms with Crippen molar-refractivity contribution in [1.82, 2.24) is 4.57 Å². The van der Waals surface area contributed by atoms with Crippen LogP contribution in [-0.2, 0) is 0 Å². The highest BCUT2D eigenvalue weighted by atomic mass is 16.3. The lowest BCUT2D eigenvalue weighted by atomic mass is 9.93. The van der Waals surface area contributed by atoms with Gasteiger partial charge in [0.2, 0.25) is 0 Å². The van der Waals surface area contributed by atoms with Crippen molar-refractivity contribution in [3.63, 3.8) is 0 Å². The monoisotopic (exact) mass is 802 g/mol. The molecular weight excluding hydrogens is 765 g/mol. The molecule has 0 atom stereocenters. The van der Waals surface area contributed by atoms with E-state index in [9.17, 15) is 0 Å². The predicted molar refractivity (Wildman–Crippen MR) is 266 cm³/mol. The SMILES string of the molecule is c1cc(N(c2ccc(-c3cc4ccccc4c4ccccc34)cc2)c2ccccc2-c2cccc3c2oc2c4ccccc4ccc32)cc(-n2c3ccccc3c3ccccc32)c1. The summed E-state index contributed by atoms with van der Waals surface area (Å²) in [5, 5.41) is 12.0. The highest BCUT2D eigenvalue weighted by molar-refractivity contribution is 6.18. The maximum absolute atomic E-state index is 6.96. The van der Waals surface area contributed by atoms with Crippen molar-refractivity contribution in [3.8, 4) is 27.9 Å². The molecule has 63 heavy (non-hydrogen) atoms. The summed E-state index contributed by atoms with van der Waals surface area (Å²) in [6.45, 7) is 0. The standard InChI is InChI=1S/C60H38N2O/c1-4-20-46-39(15-1)33-36-54-53-27-14-26-52(60(53)63-59(46)54)51-25-9-10-28-56(51)61(43-17-13-18-44(38-43)62-57-29-11-7-23-49(57)50-24-8-12-30-58(50)62)42-34-31-40(32-35-42)55-37-41-16-2-3-19-45(41)47-21-5-6-22-48(47)55/h1-38H. The van der Waals surface area contributed by atoms with Crippen LogP contribution in [0.2, 0.25) is 0 Å². The van der Waals surface area contributed by atoms with Gasteiger partial charge in [0.1, 0.15) is 11.2 Å². The first-order valence-electron chi connectivity index (χ1n) is 21.6. The molecule has 13 aromatic rings. The van der Waals surface area contributed by atoms with Crippen LogP contribution >= 0.6 is 0 Å². The summed E-state index contributed by atoms with van der Waals surface area (Å²) in [6.07, 6.45) is 0. The van der Waals surface area contributed by atoms with E-state index in [2.05, 4.69) is 240 Å². The molecule has 0 aliphatic heterocycles. The Labute approximate surface area is 363 Å². The molecule has 0 bridgehead atoms. The van der Waals surface area contributed by atoms with Gasteiger partial charge < -0.3 is 13.9 Å². The number of benzene rings is 11. The summed E-state index contributed by atoms with van der Waals surface area (Å²) < 4.78 is 9.35. The number of nitrogens with zero attached hydrogens (tertiary/aromatic N) is 2. The van der Waals surface area contributed by atoms with E-state index in [4.69, 9.17) is 4.42 Å². The van der Waals surface area contributed by atoms with E-state index >= 15 is 0 Å². The van der Waals surface area contributed by atoms with Crippen LogP contribution < -0.4 is 4.90 Å². The van der Waals surface area contributed by atoms with Crippen molar-refractivity contribution in [2.24, 2.45) is 0 Å². The summed E-state index contributed by atoms with van der Waals surface area (Å²) in [5.74, 6) is 0. The van der Waals surface area contributed by atoms with Gasteiger partial charge in [0, 0.05) is 55.1 Å². The minimum absolute atomic E-state index is 0.883. The van der Waals surface area contributed by atoms with E-state index in [0.29, 0.717) is 0 Å². The fourth-order valence-electron chi connectivity index (χ4n) is 10.1. The van der Waals surface area contributed by atoms with Crippen LogP contribution in [0.15, 0.2) is 235 Å². The minimum atomic E-state index is 0.883. The molecule has 0 amide bonds. The molecular formula is C60H38N2O. The molecule has 294 valence electrons. The van der Waals surface area contributed by atoms with Crippen LogP contribution in [0.25, 0.3) is 104 Å². The van der Waals surface area contributed by atoms with E-state index in [0.717, 1.165) is 61.2 Å². The second-order valence-electron chi connectivity index (χ2n) is 16.4. The van der Waals surface area contributed by atoms with Gasteiger partial charge in [0.25, 0.3) is 0 Å². The maximum Gasteiger partial charge on any atom is 0.143 e. The number of anilines is 3. The van der Waals surface area contributed by atoms with Gasteiger partial charge in [0.05, 0.1) is 16.7 Å². The second kappa shape index (κ2) is 14.1. The molecule has 0 N–H and O–H groups in total. The van der Waals surface area contributed by atoms with Gasteiger partial charge in [-0.3, -0.25) is 0 Å². The highest BCUT2D eigenvalue weighted by Gasteiger charge is 2.22. The Bertz CT molecular complexity index is 3870. The van der Waals surface area contributed by atoms with Crippen LogP contribution in [0.3, 0.4) is 0 Å². The molecule has 0 saturated carbocycles. The van der Waals surface area contributed by atoms with Crippen molar-refractivity contribution in [1.29, 1.82) is 0 Å². The zero-order chi connectivity index (χ0) is 41.4. The van der Waals surface area contributed by atoms with Crippen LogP contribution in [0, 0.1) is 0 Å². The van der Waals surface area contributed by atoms with Gasteiger partial charge in [0.15, 0.2) is 0 Å². The zero-order valence-corrected chi connectivity index (χ0v) is 34.2. The quantitative estimate of drug-likeness (QED) is 0.156. The Morgan fingerprint density at radius 2 is 0.905 bits per heavy atom. The van der Waals surface area contributed by atoms with Gasteiger partial charge >= 0.3 is 0 Å². The topological polar surface area (TPSA) is 21.3 Å². The van der Waals surface area contributed by atoms with E-state index in [1.807, 2.05) is 0 Å². The van der Waals surface area contributed by atoms with Gasteiger partial charge in [-0.2, -0.15) is 0 Å². The predicted octanol–water partition coefficient (Wildman–Crippen LogP) is 16.9. The first kappa shape index (κ1) is 35.4.